The van der Waals surface area contributed by atoms with Gasteiger partial charge in [0.1, 0.15) is 0 Å². The Morgan fingerprint density at radius 2 is 2.17 bits per heavy atom. The van der Waals surface area contributed by atoms with Crippen molar-refractivity contribution in [1.29, 1.82) is 0 Å². The highest BCUT2D eigenvalue weighted by molar-refractivity contribution is 7.34. The molecule has 1 N–H and O–H groups in total. The van der Waals surface area contributed by atoms with Crippen LogP contribution in [0.1, 0.15) is 13.8 Å². The fraction of sp³-hybridized carbons (Fsp3) is 0.500. The van der Waals surface area contributed by atoms with Gasteiger partial charge >= 0.3 is 14.2 Å². The molecule has 0 amide bonds. The number of hydrogen-bond acceptors (Lipinski definition) is 5. The molecule has 0 radical (unpaired) electrons. The molecule has 6 heteroatoms. The van der Waals surface area contributed by atoms with Crippen LogP contribution < -0.4 is 0 Å². The predicted octanol–water partition coefficient (Wildman–Crippen LogP) is 0.850. The van der Waals surface area contributed by atoms with Gasteiger partial charge in [0.15, 0.2) is 5.79 Å². The Labute approximate surface area is 70.9 Å². The molecule has 1 atom stereocenters. The van der Waals surface area contributed by atoms with E-state index in [9.17, 15) is 9.36 Å². The first-order valence-corrected chi connectivity index (χ1v) is 4.37. The first-order chi connectivity index (χ1) is 5.35. The van der Waals surface area contributed by atoms with Gasteiger partial charge in [-0.25, -0.2) is 9.36 Å². The SMILES string of the molecule is C=CC(=O)O[PH](=O)OC(C)(C)O. The fourth-order valence-corrected chi connectivity index (χ4v) is 1.05. The molecule has 0 saturated heterocycles. The van der Waals surface area contributed by atoms with Crippen LogP contribution in [0.3, 0.4) is 0 Å². The first kappa shape index (κ1) is 11.4. The molecule has 0 aromatic heterocycles. The lowest BCUT2D eigenvalue weighted by molar-refractivity contribution is -0.133. The Kier molecular flexibility index (Phi) is 4.17. The smallest absolute Gasteiger partial charge is 0.372 e. The van der Waals surface area contributed by atoms with Crippen LogP contribution in [0.2, 0.25) is 0 Å². The van der Waals surface area contributed by atoms with Crippen LogP contribution in [0.4, 0.5) is 0 Å². The second-order valence-electron chi connectivity index (χ2n) is 2.42. The number of aliphatic hydroxyl groups is 1. The van der Waals surface area contributed by atoms with E-state index in [1.54, 1.807) is 0 Å². The van der Waals surface area contributed by atoms with Crippen LogP contribution in [0.25, 0.3) is 0 Å². The van der Waals surface area contributed by atoms with Gasteiger partial charge in [-0.05, 0) is 13.8 Å². The van der Waals surface area contributed by atoms with Crippen LogP contribution in [-0.4, -0.2) is 16.9 Å². The fourth-order valence-electron chi connectivity index (χ4n) is 0.349. The minimum absolute atomic E-state index is 0.844. The number of rotatable bonds is 4. The first-order valence-electron chi connectivity index (χ1n) is 3.15. The summed E-state index contributed by atoms with van der Waals surface area (Å²) in [6.45, 7) is 5.65. The molecular weight excluding hydrogens is 183 g/mol. The second kappa shape index (κ2) is 4.40. The van der Waals surface area contributed by atoms with E-state index >= 15 is 0 Å². The monoisotopic (exact) mass is 194 g/mol. The lowest BCUT2D eigenvalue weighted by atomic mass is 10.4. The third kappa shape index (κ3) is 6.09. The molecule has 0 fully saturated rings. The van der Waals surface area contributed by atoms with Crippen molar-refractivity contribution >= 4 is 14.2 Å². The van der Waals surface area contributed by atoms with E-state index in [0.717, 1.165) is 6.08 Å². The molecule has 0 aliphatic carbocycles. The summed E-state index contributed by atoms with van der Waals surface area (Å²) < 4.78 is 19.3. The zero-order valence-electron chi connectivity index (χ0n) is 6.86. The van der Waals surface area contributed by atoms with Crippen LogP contribution in [0.5, 0.6) is 0 Å². The Morgan fingerprint density at radius 1 is 1.67 bits per heavy atom. The highest BCUT2D eigenvalue weighted by atomic mass is 31.1. The summed E-state index contributed by atoms with van der Waals surface area (Å²) in [6, 6.07) is 0. The van der Waals surface area contributed by atoms with Gasteiger partial charge in [0, 0.05) is 6.08 Å². The van der Waals surface area contributed by atoms with E-state index in [1.807, 2.05) is 0 Å². The molecule has 0 aliphatic heterocycles. The molecule has 0 aromatic carbocycles. The largest absolute Gasteiger partial charge is 0.390 e. The third-order valence-electron chi connectivity index (χ3n) is 0.684. The van der Waals surface area contributed by atoms with Crippen molar-refractivity contribution in [3.63, 3.8) is 0 Å². The van der Waals surface area contributed by atoms with Gasteiger partial charge < -0.3 is 9.63 Å². The van der Waals surface area contributed by atoms with Gasteiger partial charge in [0.05, 0.1) is 0 Å². The van der Waals surface area contributed by atoms with Gasteiger partial charge in [-0.15, -0.1) is 0 Å². The van der Waals surface area contributed by atoms with Gasteiger partial charge in [-0.2, -0.15) is 0 Å². The van der Waals surface area contributed by atoms with Gasteiger partial charge in [0.2, 0.25) is 0 Å². The molecule has 0 aromatic rings. The Balaban J connectivity index is 3.91. The van der Waals surface area contributed by atoms with E-state index in [-0.39, 0.29) is 0 Å². The summed E-state index contributed by atoms with van der Waals surface area (Å²) in [5.41, 5.74) is 0. The summed E-state index contributed by atoms with van der Waals surface area (Å²) in [5, 5.41) is 8.96. The summed E-state index contributed by atoms with van der Waals surface area (Å²) >= 11 is 0. The zero-order valence-corrected chi connectivity index (χ0v) is 7.86. The molecular formula is C6H11O5P. The van der Waals surface area contributed by atoms with Gasteiger partial charge in [0.25, 0.3) is 0 Å². The summed E-state index contributed by atoms with van der Waals surface area (Å²) in [6.07, 6.45) is 0.857. The maximum Gasteiger partial charge on any atom is 0.372 e. The van der Waals surface area contributed by atoms with Crippen molar-refractivity contribution in [2.24, 2.45) is 0 Å². The van der Waals surface area contributed by atoms with Crippen molar-refractivity contribution < 1.29 is 23.5 Å². The topological polar surface area (TPSA) is 72.8 Å². The minimum Gasteiger partial charge on any atom is -0.390 e. The lowest BCUT2D eigenvalue weighted by Gasteiger charge is -2.16. The Hall–Kier alpha value is -0.640. The van der Waals surface area contributed by atoms with Crippen LogP contribution in [-0.2, 0) is 18.4 Å². The molecule has 12 heavy (non-hydrogen) atoms. The molecule has 0 saturated carbocycles. The van der Waals surface area contributed by atoms with Crippen LogP contribution >= 0.6 is 8.25 Å². The molecule has 70 valence electrons. The molecule has 5 nitrogen and oxygen atoms in total. The summed E-state index contributed by atoms with van der Waals surface area (Å²) in [4.78, 5) is 10.4. The number of hydrogen-bond donors (Lipinski definition) is 1. The highest BCUT2D eigenvalue weighted by Crippen LogP contribution is 2.29. The maximum atomic E-state index is 10.7. The van der Waals surface area contributed by atoms with E-state index in [1.165, 1.54) is 13.8 Å². The van der Waals surface area contributed by atoms with Crippen molar-refractivity contribution in [3.05, 3.63) is 12.7 Å². The summed E-state index contributed by atoms with van der Waals surface area (Å²) in [7, 11) is -2.98. The molecule has 0 aliphatic rings. The van der Waals surface area contributed by atoms with Crippen molar-refractivity contribution in [2.75, 3.05) is 0 Å². The number of carbonyl (C=O) groups is 1. The van der Waals surface area contributed by atoms with E-state index in [2.05, 4.69) is 15.6 Å². The van der Waals surface area contributed by atoms with Gasteiger partial charge in [-0.1, -0.05) is 6.58 Å². The van der Waals surface area contributed by atoms with E-state index in [4.69, 9.17) is 5.11 Å². The van der Waals surface area contributed by atoms with Gasteiger partial charge in [-0.3, -0.25) is 4.52 Å². The van der Waals surface area contributed by atoms with Crippen LogP contribution in [0.15, 0.2) is 12.7 Å². The second-order valence-corrected chi connectivity index (χ2v) is 3.33. The van der Waals surface area contributed by atoms with Crippen molar-refractivity contribution in [1.82, 2.24) is 0 Å². The Morgan fingerprint density at radius 3 is 2.50 bits per heavy atom. The normalized spacial score (nSPS) is 13.6. The lowest BCUT2D eigenvalue weighted by Crippen LogP contribution is -2.19. The average Bonchev–Trinajstić information content (AvgIpc) is 1.82. The highest BCUT2D eigenvalue weighted by Gasteiger charge is 2.18. The molecule has 0 spiro atoms. The minimum atomic E-state index is -2.98. The molecule has 0 heterocycles. The average molecular weight is 194 g/mol. The standard InChI is InChI=1S/C6H11O5P/c1-4-5(7)10-12(9)11-6(2,3)8/h4,8,12H,1H2,2-3H3. The third-order valence-corrected chi connectivity index (χ3v) is 1.72. The van der Waals surface area contributed by atoms with E-state index in [0.29, 0.717) is 0 Å². The molecule has 1 unspecified atom stereocenters. The number of carbonyl (C=O) groups excluding carboxylic acids is 1. The molecule has 0 bridgehead atoms. The predicted molar refractivity (Wildman–Crippen MR) is 42.7 cm³/mol. The Bertz CT molecular complexity index is 204. The maximum absolute atomic E-state index is 10.7. The summed E-state index contributed by atoms with van der Waals surface area (Å²) in [5.74, 6) is -2.42. The zero-order chi connectivity index (χ0) is 9.78. The van der Waals surface area contributed by atoms with Crippen molar-refractivity contribution in [2.45, 2.75) is 19.6 Å². The quantitative estimate of drug-likeness (QED) is 0.408. The van der Waals surface area contributed by atoms with Crippen molar-refractivity contribution in [3.8, 4) is 0 Å². The van der Waals surface area contributed by atoms with Crippen LogP contribution in [0, 0.1) is 0 Å². The van der Waals surface area contributed by atoms with E-state index < -0.39 is 20.0 Å². The molecule has 0 rings (SSSR count).